The Morgan fingerprint density at radius 2 is 1.95 bits per heavy atom. The molecule has 5 heteroatoms. The van der Waals surface area contributed by atoms with Crippen LogP contribution in [-0.4, -0.2) is 42.0 Å². The predicted molar refractivity (Wildman–Crippen MR) is 71.3 cm³/mol. The molecule has 2 amide bonds. The van der Waals surface area contributed by atoms with Gasteiger partial charge in [0.1, 0.15) is 0 Å². The highest BCUT2D eigenvalue weighted by Gasteiger charge is 2.34. The molecule has 0 aromatic carbocycles. The van der Waals surface area contributed by atoms with Gasteiger partial charge in [0.25, 0.3) is 0 Å². The molecule has 1 heterocycles. The molecule has 108 valence electrons. The number of amides is 2. The molecule has 2 N–H and O–H groups in total. The first-order valence-electron chi connectivity index (χ1n) is 7.29. The zero-order chi connectivity index (χ0) is 13.8. The summed E-state index contributed by atoms with van der Waals surface area (Å²) in [6.07, 6.45) is 5.52. The van der Waals surface area contributed by atoms with Gasteiger partial charge in [0, 0.05) is 31.5 Å². The van der Waals surface area contributed by atoms with Crippen LogP contribution >= 0.6 is 0 Å². The fourth-order valence-electron chi connectivity index (χ4n) is 2.81. The maximum absolute atomic E-state index is 11.7. The van der Waals surface area contributed by atoms with E-state index in [9.17, 15) is 9.59 Å². The van der Waals surface area contributed by atoms with Gasteiger partial charge in [0.2, 0.25) is 11.8 Å². The van der Waals surface area contributed by atoms with Gasteiger partial charge < -0.3 is 10.5 Å². The molecule has 1 atom stereocenters. The summed E-state index contributed by atoms with van der Waals surface area (Å²) in [5.74, 6) is -0.219. The van der Waals surface area contributed by atoms with Crippen molar-refractivity contribution in [2.75, 3.05) is 13.2 Å². The third kappa shape index (κ3) is 3.76. The lowest BCUT2D eigenvalue weighted by Gasteiger charge is -2.26. The minimum absolute atomic E-state index is 0.0337. The lowest BCUT2D eigenvalue weighted by Crippen LogP contribution is -2.33. The lowest BCUT2D eigenvalue weighted by atomic mass is 9.94. The summed E-state index contributed by atoms with van der Waals surface area (Å²) in [6, 6.07) is 0.334. The predicted octanol–water partition coefficient (Wildman–Crippen LogP) is 1.06. The molecule has 2 aliphatic rings. The lowest BCUT2D eigenvalue weighted by molar-refractivity contribution is -0.139. The number of nitrogens with two attached hydrogens (primary N) is 1. The molecule has 2 fully saturated rings. The van der Waals surface area contributed by atoms with Gasteiger partial charge in [-0.3, -0.25) is 14.5 Å². The number of ether oxygens (including phenoxy) is 1. The zero-order valence-corrected chi connectivity index (χ0v) is 11.6. The fourth-order valence-corrected chi connectivity index (χ4v) is 2.81. The Balaban J connectivity index is 1.62. The summed E-state index contributed by atoms with van der Waals surface area (Å²) in [5.41, 5.74) is 5.84. The van der Waals surface area contributed by atoms with Crippen LogP contribution in [0.5, 0.6) is 0 Å². The molecule has 1 unspecified atom stereocenters. The molecule has 1 aliphatic carbocycles. The molecule has 0 bridgehead atoms. The van der Waals surface area contributed by atoms with E-state index in [1.54, 1.807) is 0 Å². The average Bonchev–Trinajstić information content (AvgIpc) is 2.62. The Morgan fingerprint density at radius 3 is 2.53 bits per heavy atom. The molecular formula is C14H24N2O3. The van der Waals surface area contributed by atoms with E-state index in [4.69, 9.17) is 10.5 Å². The van der Waals surface area contributed by atoms with E-state index in [0.717, 1.165) is 32.1 Å². The van der Waals surface area contributed by atoms with Gasteiger partial charge >= 0.3 is 0 Å². The van der Waals surface area contributed by atoms with E-state index in [1.807, 2.05) is 6.92 Å². The molecule has 5 nitrogen and oxygen atoms in total. The number of likely N-dealkylation sites (tertiary alicyclic amines) is 1. The van der Waals surface area contributed by atoms with Gasteiger partial charge in [0.05, 0.1) is 6.10 Å². The van der Waals surface area contributed by atoms with Crippen LogP contribution < -0.4 is 5.73 Å². The standard InChI is InChI=1S/C14H24N2O3/c1-10-9-13(17)16(14(10)18)7-2-8-19-12-5-3-11(15)4-6-12/h10-12H,2-9,15H2,1H3. The quantitative estimate of drug-likeness (QED) is 0.597. The van der Waals surface area contributed by atoms with Crippen LogP contribution in [-0.2, 0) is 14.3 Å². The summed E-state index contributed by atoms with van der Waals surface area (Å²) in [4.78, 5) is 24.7. The minimum Gasteiger partial charge on any atom is -0.378 e. The monoisotopic (exact) mass is 268 g/mol. The number of hydrogen-bond acceptors (Lipinski definition) is 4. The number of nitrogens with zero attached hydrogens (tertiary/aromatic N) is 1. The fraction of sp³-hybridized carbons (Fsp3) is 0.857. The number of imide groups is 1. The van der Waals surface area contributed by atoms with Crippen LogP contribution in [0.15, 0.2) is 0 Å². The van der Waals surface area contributed by atoms with Crippen molar-refractivity contribution in [1.82, 2.24) is 4.90 Å². The smallest absolute Gasteiger partial charge is 0.232 e. The maximum Gasteiger partial charge on any atom is 0.232 e. The SMILES string of the molecule is CC1CC(=O)N(CCCOC2CCC(N)CC2)C1=O. The third-order valence-corrected chi connectivity index (χ3v) is 4.07. The van der Waals surface area contributed by atoms with Crippen LogP contribution in [0.2, 0.25) is 0 Å². The van der Waals surface area contributed by atoms with Crippen molar-refractivity contribution in [3.63, 3.8) is 0 Å². The molecule has 1 saturated heterocycles. The van der Waals surface area contributed by atoms with Crippen molar-refractivity contribution in [2.24, 2.45) is 11.7 Å². The summed E-state index contributed by atoms with van der Waals surface area (Å²) in [7, 11) is 0. The van der Waals surface area contributed by atoms with E-state index in [-0.39, 0.29) is 17.7 Å². The topological polar surface area (TPSA) is 72.6 Å². The van der Waals surface area contributed by atoms with Crippen LogP contribution in [0.25, 0.3) is 0 Å². The Bertz CT molecular complexity index is 338. The largest absolute Gasteiger partial charge is 0.378 e. The first kappa shape index (κ1) is 14.5. The van der Waals surface area contributed by atoms with E-state index < -0.39 is 0 Å². The Morgan fingerprint density at radius 1 is 1.26 bits per heavy atom. The van der Waals surface area contributed by atoms with Crippen LogP contribution in [0.1, 0.15) is 45.4 Å². The second kappa shape index (κ2) is 6.48. The van der Waals surface area contributed by atoms with Crippen molar-refractivity contribution in [3.05, 3.63) is 0 Å². The van der Waals surface area contributed by atoms with Crippen molar-refractivity contribution in [1.29, 1.82) is 0 Å². The second-order valence-electron chi connectivity index (χ2n) is 5.75. The van der Waals surface area contributed by atoms with Crippen LogP contribution in [0, 0.1) is 5.92 Å². The highest BCUT2D eigenvalue weighted by molar-refractivity contribution is 6.03. The van der Waals surface area contributed by atoms with Gasteiger partial charge in [-0.25, -0.2) is 0 Å². The van der Waals surface area contributed by atoms with Crippen LogP contribution in [0.4, 0.5) is 0 Å². The molecular weight excluding hydrogens is 244 g/mol. The summed E-state index contributed by atoms with van der Waals surface area (Å²) in [6.45, 7) is 2.92. The zero-order valence-electron chi connectivity index (χ0n) is 11.6. The summed E-state index contributed by atoms with van der Waals surface area (Å²) >= 11 is 0. The van der Waals surface area contributed by atoms with E-state index >= 15 is 0 Å². The molecule has 0 spiro atoms. The molecule has 0 aromatic rings. The van der Waals surface area contributed by atoms with Gasteiger partial charge in [0.15, 0.2) is 0 Å². The van der Waals surface area contributed by atoms with Crippen molar-refractivity contribution in [2.45, 2.75) is 57.6 Å². The molecule has 1 aliphatic heterocycles. The van der Waals surface area contributed by atoms with Crippen molar-refractivity contribution >= 4 is 11.8 Å². The first-order chi connectivity index (χ1) is 9.08. The summed E-state index contributed by atoms with van der Waals surface area (Å²) < 4.78 is 5.78. The van der Waals surface area contributed by atoms with Gasteiger partial charge in [-0.05, 0) is 32.1 Å². The number of carbonyl (C=O) groups is 2. The first-order valence-corrected chi connectivity index (χ1v) is 7.29. The molecule has 2 rings (SSSR count). The van der Waals surface area contributed by atoms with E-state index in [1.165, 1.54) is 4.90 Å². The molecule has 1 saturated carbocycles. The average molecular weight is 268 g/mol. The molecule has 19 heavy (non-hydrogen) atoms. The van der Waals surface area contributed by atoms with Gasteiger partial charge in [-0.1, -0.05) is 6.92 Å². The van der Waals surface area contributed by atoms with Gasteiger partial charge in [-0.2, -0.15) is 0 Å². The molecule has 0 radical (unpaired) electrons. The Labute approximate surface area is 114 Å². The Hall–Kier alpha value is -0.940. The third-order valence-electron chi connectivity index (χ3n) is 4.07. The maximum atomic E-state index is 11.7. The Kier molecular flexibility index (Phi) is 4.93. The number of hydrogen-bond donors (Lipinski definition) is 1. The summed E-state index contributed by atoms with van der Waals surface area (Å²) in [5, 5.41) is 0. The normalized spacial score (nSPS) is 32.1. The van der Waals surface area contributed by atoms with Crippen LogP contribution in [0.3, 0.4) is 0 Å². The van der Waals surface area contributed by atoms with E-state index in [2.05, 4.69) is 0 Å². The minimum atomic E-state index is -0.145. The number of carbonyl (C=O) groups excluding carboxylic acids is 2. The molecule has 0 aromatic heterocycles. The van der Waals surface area contributed by atoms with Crippen molar-refractivity contribution in [3.8, 4) is 0 Å². The van der Waals surface area contributed by atoms with E-state index in [0.29, 0.717) is 31.7 Å². The highest BCUT2D eigenvalue weighted by atomic mass is 16.5. The number of rotatable bonds is 5. The van der Waals surface area contributed by atoms with Gasteiger partial charge in [-0.15, -0.1) is 0 Å². The van der Waals surface area contributed by atoms with Crippen molar-refractivity contribution < 1.29 is 14.3 Å². The highest BCUT2D eigenvalue weighted by Crippen LogP contribution is 2.21. The second-order valence-corrected chi connectivity index (χ2v) is 5.75.